The molecule has 0 fully saturated rings. The van der Waals surface area contributed by atoms with Crippen LogP contribution in [0.2, 0.25) is 0 Å². The molecule has 1 aliphatic rings. The summed E-state index contributed by atoms with van der Waals surface area (Å²) in [5.41, 5.74) is 3.13. The van der Waals surface area contributed by atoms with Gasteiger partial charge in [-0.1, -0.05) is 0 Å². The number of primary amides is 1. The monoisotopic (exact) mass is 357 g/mol. The molecule has 0 spiro atoms. The summed E-state index contributed by atoms with van der Waals surface area (Å²) in [7, 11) is 0. The Morgan fingerprint density at radius 3 is 2.52 bits per heavy atom. The molecule has 3 rings (SSSR count). The summed E-state index contributed by atoms with van der Waals surface area (Å²) in [6, 6.07) is 2.15. The van der Waals surface area contributed by atoms with E-state index in [0.29, 0.717) is 12.1 Å². The second kappa shape index (κ2) is 5.69. The number of fused-ring (bicyclic) bond motifs is 1. The molecule has 130 valence electrons. The number of carbonyl (C=O) groups excluding carboxylic acids is 1. The van der Waals surface area contributed by atoms with Crippen LogP contribution in [-0.4, -0.2) is 15.9 Å². The smallest absolute Gasteiger partial charge is 0.365 e. The Balaban J connectivity index is 2.11. The molecule has 0 unspecified atom stereocenters. The SMILES string of the molecule is NC(=O)/C(=C1/Nc2cc(F)cc(F)c2N1)c1nccc(C(F)(F)F)n1. The first kappa shape index (κ1) is 16.6. The van der Waals surface area contributed by atoms with Crippen LogP contribution in [0.1, 0.15) is 11.5 Å². The maximum atomic E-state index is 13.8. The summed E-state index contributed by atoms with van der Waals surface area (Å²) < 4.78 is 65.3. The molecule has 1 aromatic carbocycles. The van der Waals surface area contributed by atoms with Crippen molar-refractivity contribution in [3.8, 4) is 0 Å². The number of hydrogen-bond acceptors (Lipinski definition) is 5. The van der Waals surface area contributed by atoms with Gasteiger partial charge in [0.2, 0.25) is 0 Å². The van der Waals surface area contributed by atoms with Gasteiger partial charge in [0.25, 0.3) is 5.91 Å². The topological polar surface area (TPSA) is 92.9 Å². The Labute approximate surface area is 136 Å². The number of nitrogens with zero attached hydrogens (tertiary/aromatic N) is 2. The number of benzene rings is 1. The van der Waals surface area contributed by atoms with Gasteiger partial charge >= 0.3 is 6.18 Å². The van der Waals surface area contributed by atoms with Crippen molar-refractivity contribution in [2.24, 2.45) is 5.73 Å². The van der Waals surface area contributed by atoms with Gasteiger partial charge in [0.05, 0.1) is 11.4 Å². The maximum Gasteiger partial charge on any atom is 0.433 e. The molecular weight excluding hydrogens is 349 g/mol. The molecule has 25 heavy (non-hydrogen) atoms. The Morgan fingerprint density at radius 2 is 1.88 bits per heavy atom. The van der Waals surface area contributed by atoms with Crippen LogP contribution < -0.4 is 16.4 Å². The summed E-state index contributed by atoms with van der Waals surface area (Å²) in [5.74, 6) is -3.89. The fourth-order valence-corrected chi connectivity index (χ4v) is 2.20. The third kappa shape index (κ3) is 3.07. The van der Waals surface area contributed by atoms with Gasteiger partial charge in [-0.2, -0.15) is 13.2 Å². The number of nitrogens with one attached hydrogen (secondary N) is 2. The fourth-order valence-electron chi connectivity index (χ4n) is 2.20. The lowest BCUT2D eigenvalue weighted by Gasteiger charge is -2.10. The standard InChI is InChI=1S/C14H8F5N5O/c15-5-3-6(16)10-7(4-5)22-13(24-10)9(11(20)25)12-21-2-1-8(23-12)14(17,18)19/h1-4,22,24H,(H2,20,25)/b13-9+. The van der Waals surface area contributed by atoms with E-state index in [1.54, 1.807) is 0 Å². The molecule has 2 aromatic rings. The quantitative estimate of drug-likeness (QED) is 0.567. The molecule has 0 atom stereocenters. The number of hydrogen-bond donors (Lipinski definition) is 3. The summed E-state index contributed by atoms with van der Waals surface area (Å²) in [4.78, 5) is 18.6. The number of nitrogens with two attached hydrogens (primary N) is 1. The summed E-state index contributed by atoms with van der Waals surface area (Å²) >= 11 is 0. The Bertz CT molecular complexity index is 909. The van der Waals surface area contributed by atoms with E-state index in [9.17, 15) is 26.7 Å². The van der Waals surface area contributed by atoms with Gasteiger partial charge in [0.15, 0.2) is 11.6 Å². The molecule has 4 N–H and O–H groups in total. The first-order valence-electron chi connectivity index (χ1n) is 6.64. The highest BCUT2D eigenvalue weighted by atomic mass is 19.4. The van der Waals surface area contributed by atoms with Gasteiger partial charge in [0.1, 0.15) is 22.9 Å². The lowest BCUT2D eigenvalue weighted by molar-refractivity contribution is -0.141. The second-order valence-corrected chi connectivity index (χ2v) is 4.94. The van der Waals surface area contributed by atoms with Gasteiger partial charge in [-0.15, -0.1) is 0 Å². The zero-order valence-electron chi connectivity index (χ0n) is 12.1. The highest BCUT2D eigenvalue weighted by Gasteiger charge is 2.34. The van der Waals surface area contributed by atoms with Crippen molar-refractivity contribution >= 4 is 22.9 Å². The lowest BCUT2D eigenvalue weighted by atomic mass is 10.2. The minimum atomic E-state index is -4.76. The Hall–Kier alpha value is -3.24. The van der Waals surface area contributed by atoms with Crippen molar-refractivity contribution in [1.82, 2.24) is 9.97 Å². The Morgan fingerprint density at radius 1 is 1.16 bits per heavy atom. The third-order valence-corrected chi connectivity index (χ3v) is 3.23. The number of anilines is 2. The van der Waals surface area contributed by atoms with Crippen LogP contribution in [0, 0.1) is 11.6 Å². The number of aromatic nitrogens is 2. The van der Waals surface area contributed by atoms with Crippen molar-refractivity contribution < 1.29 is 26.7 Å². The highest BCUT2D eigenvalue weighted by Crippen LogP contribution is 2.36. The second-order valence-electron chi connectivity index (χ2n) is 4.94. The predicted molar refractivity (Wildman–Crippen MR) is 76.8 cm³/mol. The van der Waals surface area contributed by atoms with E-state index < -0.39 is 40.8 Å². The zero-order chi connectivity index (χ0) is 18.4. The molecule has 1 amide bonds. The van der Waals surface area contributed by atoms with E-state index in [-0.39, 0.29) is 17.2 Å². The van der Waals surface area contributed by atoms with E-state index in [1.807, 2.05) is 0 Å². The van der Waals surface area contributed by atoms with Crippen LogP contribution in [-0.2, 0) is 11.0 Å². The predicted octanol–water partition coefficient (Wildman–Crippen LogP) is 2.47. The van der Waals surface area contributed by atoms with Crippen molar-refractivity contribution in [3.05, 3.63) is 53.4 Å². The van der Waals surface area contributed by atoms with Crippen molar-refractivity contribution in [3.63, 3.8) is 0 Å². The molecule has 0 radical (unpaired) electrons. The molecule has 1 aliphatic heterocycles. The fraction of sp³-hybridized carbons (Fsp3) is 0.0714. The summed E-state index contributed by atoms with van der Waals surface area (Å²) in [6.45, 7) is 0. The minimum Gasteiger partial charge on any atom is -0.365 e. The molecule has 0 saturated heterocycles. The van der Waals surface area contributed by atoms with E-state index >= 15 is 0 Å². The molecular formula is C14H8F5N5O. The van der Waals surface area contributed by atoms with Crippen molar-refractivity contribution in [2.75, 3.05) is 10.6 Å². The Kier molecular flexibility index (Phi) is 3.78. The molecule has 6 nitrogen and oxygen atoms in total. The van der Waals surface area contributed by atoms with Crippen molar-refractivity contribution in [2.45, 2.75) is 6.18 Å². The third-order valence-electron chi connectivity index (χ3n) is 3.23. The number of amides is 1. The number of halogens is 5. The van der Waals surface area contributed by atoms with E-state index in [4.69, 9.17) is 5.73 Å². The van der Waals surface area contributed by atoms with E-state index in [2.05, 4.69) is 20.6 Å². The lowest BCUT2D eigenvalue weighted by Crippen LogP contribution is -2.21. The summed E-state index contributed by atoms with van der Waals surface area (Å²) in [5, 5.41) is 4.91. The molecule has 1 aromatic heterocycles. The average Bonchev–Trinajstić information content (AvgIpc) is 2.90. The van der Waals surface area contributed by atoms with Crippen LogP contribution in [0.4, 0.5) is 33.3 Å². The normalized spacial score (nSPS) is 15.2. The first-order chi connectivity index (χ1) is 11.7. The van der Waals surface area contributed by atoms with Crippen LogP contribution in [0.5, 0.6) is 0 Å². The molecule has 0 aliphatic carbocycles. The van der Waals surface area contributed by atoms with Crippen LogP contribution in [0.3, 0.4) is 0 Å². The molecule has 11 heteroatoms. The van der Waals surface area contributed by atoms with Gasteiger partial charge in [-0.25, -0.2) is 18.7 Å². The average molecular weight is 357 g/mol. The van der Waals surface area contributed by atoms with Gasteiger partial charge in [-0.05, 0) is 12.1 Å². The number of alkyl halides is 3. The molecule has 0 saturated carbocycles. The number of rotatable bonds is 2. The minimum absolute atomic E-state index is 0.0572. The largest absolute Gasteiger partial charge is 0.433 e. The maximum absolute atomic E-state index is 13.8. The summed E-state index contributed by atoms with van der Waals surface area (Å²) in [6.07, 6.45) is -3.96. The van der Waals surface area contributed by atoms with Gasteiger partial charge in [-0.3, -0.25) is 4.79 Å². The number of carbonyl (C=O) groups is 1. The highest BCUT2D eigenvalue weighted by molar-refractivity contribution is 6.20. The zero-order valence-corrected chi connectivity index (χ0v) is 12.1. The molecule has 0 bridgehead atoms. The van der Waals surface area contributed by atoms with E-state index in [0.717, 1.165) is 12.3 Å². The van der Waals surface area contributed by atoms with Crippen LogP contribution >= 0.6 is 0 Å². The van der Waals surface area contributed by atoms with Gasteiger partial charge < -0.3 is 16.4 Å². The van der Waals surface area contributed by atoms with Crippen LogP contribution in [0.25, 0.3) is 5.57 Å². The van der Waals surface area contributed by atoms with Crippen LogP contribution in [0.15, 0.2) is 30.2 Å². The van der Waals surface area contributed by atoms with Crippen molar-refractivity contribution in [1.29, 1.82) is 0 Å². The first-order valence-corrected chi connectivity index (χ1v) is 6.64. The van der Waals surface area contributed by atoms with Gasteiger partial charge in [0, 0.05) is 12.3 Å². The molecule has 2 heterocycles. The van der Waals surface area contributed by atoms with E-state index in [1.165, 1.54) is 0 Å².